The number of terminal acetylenes is 2. The van der Waals surface area contributed by atoms with Crippen molar-refractivity contribution < 1.29 is 28.0 Å². The number of aromatic nitrogens is 4. The van der Waals surface area contributed by atoms with Gasteiger partial charge in [0.1, 0.15) is 21.7 Å². The molecule has 0 spiro atoms. The molecular weight excluding hydrogens is 1010 g/mol. The van der Waals surface area contributed by atoms with Crippen LogP contribution in [0.2, 0.25) is 10.0 Å². The largest absolute Gasteiger partial charge is 0.341 e. The highest BCUT2D eigenvalue weighted by molar-refractivity contribution is 6.33. The van der Waals surface area contributed by atoms with E-state index in [-0.39, 0.29) is 91.8 Å². The topological polar surface area (TPSA) is 198 Å². The van der Waals surface area contributed by atoms with Crippen LogP contribution in [0.25, 0.3) is 0 Å². The Morgan fingerprint density at radius 3 is 1.39 bits per heavy atom. The van der Waals surface area contributed by atoms with Gasteiger partial charge in [-0.1, -0.05) is 87.0 Å². The highest BCUT2D eigenvalue weighted by Gasteiger charge is 2.34. The highest BCUT2D eigenvalue weighted by Crippen LogP contribution is 2.43. The van der Waals surface area contributed by atoms with Crippen molar-refractivity contribution in [2.75, 3.05) is 57.2 Å². The molecule has 16 nitrogen and oxygen atoms in total. The molecule has 0 atom stereocenters. The second-order valence-corrected chi connectivity index (χ2v) is 19.7. The van der Waals surface area contributed by atoms with Gasteiger partial charge in [-0.15, -0.1) is 12.8 Å². The van der Waals surface area contributed by atoms with Crippen molar-refractivity contribution in [3.63, 3.8) is 0 Å². The first-order chi connectivity index (χ1) is 36.3. The summed E-state index contributed by atoms with van der Waals surface area (Å²) in [5.74, 6) is 2.93. The van der Waals surface area contributed by atoms with Crippen molar-refractivity contribution in [2.24, 2.45) is 0 Å². The molecule has 0 saturated carbocycles. The van der Waals surface area contributed by atoms with Crippen LogP contribution in [-0.4, -0.2) is 69.7 Å². The normalized spacial score (nSPS) is 14.2. The Morgan fingerprint density at radius 2 is 1.03 bits per heavy atom. The van der Waals surface area contributed by atoms with E-state index in [1.165, 1.54) is 48.8 Å². The summed E-state index contributed by atoms with van der Waals surface area (Å²) in [6.07, 6.45) is 15.6. The zero-order valence-corrected chi connectivity index (χ0v) is 44.2. The van der Waals surface area contributed by atoms with Crippen molar-refractivity contribution >= 4 is 104 Å². The number of carbonyl (C=O) groups is 4. The Balaban J connectivity index is 0.000000221. The van der Waals surface area contributed by atoms with Gasteiger partial charge in [-0.2, -0.15) is 9.97 Å². The molecule has 76 heavy (non-hydrogen) atoms. The van der Waals surface area contributed by atoms with Crippen molar-refractivity contribution in [3.8, 4) is 24.7 Å². The summed E-state index contributed by atoms with van der Waals surface area (Å²) in [6, 6.07) is 19.8. The zero-order valence-electron chi connectivity index (χ0n) is 42.7. The van der Waals surface area contributed by atoms with E-state index >= 15 is 0 Å². The smallest absolute Gasteiger partial charge is 0.254 e. The molecule has 6 aromatic rings. The van der Waals surface area contributed by atoms with Gasteiger partial charge in [-0.05, 0) is 97.2 Å². The molecular formula is C56H56Cl2F2N12O4. The molecule has 0 bridgehead atoms. The summed E-state index contributed by atoms with van der Waals surface area (Å²) in [4.78, 5) is 71.4. The molecule has 2 aliphatic heterocycles. The number of rotatable bonds is 14. The molecule has 2 aromatic heterocycles. The molecule has 0 fully saturated rings. The van der Waals surface area contributed by atoms with E-state index in [9.17, 15) is 28.0 Å². The van der Waals surface area contributed by atoms with Crippen LogP contribution in [0.5, 0.6) is 0 Å². The molecule has 0 saturated heterocycles. The summed E-state index contributed by atoms with van der Waals surface area (Å²) in [7, 11) is 0. The number of amides is 4. The lowest BCUT2D eigenvalue weighted by molar-refractivity contribution is -0.119. The lowest BCUT2D eigenvalue weighted by Gasteiger charge is -2.27. The van der Waals surface area contributed by atoms with E-state index in [4.69, 9.17) is 36.0 Å². The first-order valence-electron chi connectivity index (χ1n) is 24.3. The van der Waals surface area contributed by atoms with Crippen LogP contribution in [0, 0.1) is 36.3 Å². The Labute approximate surface area is 450 Å². The summed E-state index contributed by atoms with van der Waals surface area (Å²) in [5.41, 5.74) is 4.76. The van der Waals surface area contributed by atoms with Crippen LogP contribution in [0.3, 0.4) is 0 Å². The average molecular weight is 1070 g/mol. The van der Waals surface area contributed by atoms with Crippen LogP contribution in [0.4, 0.5) is 66.4 Å². The number of halogens is 4. The van der Waals surface area contributed by atoms with Crippen LogP contribution in [0.1, 0.15) is 99.1 Å². The zero-order chi connectivity index (χ0) is 54.9. The quantitative estimate of drug-likeness (QED) is 0.0565. The molecule has 2 aliphatic rings. The maximum absolute atomic E-state index is 14.7. The third-order valence-electron chi connectivity index (χ3n) is 12.9. The van der Waals surface area contributed by atoms with Crippen LogP contribution in [-0.2, 0) is 20.4 Å². The van der Waals surface area contributed by atoms with Crippen molar-refractivity contribution in [3.05, 3.63) is 129 Å². The van der Waals surface area contributed by atoms with Crippen molar-refractivity contribution in [1.82, 2.24) is 30.6 Å². The Kier molecular flexibility index (Phi) is 17.4. The lowest BCUT2D eigenvalue weighted by atomic mass is 9.80. The lowest BCUT2D eigenvalue weighted by Crippen LogP contribution is -2.29. The second kappa shape index (κ2) is 23.9. The van der Waals surface area contributed by atoms with Crippen LogP contribution >= 0.6 is 23.2 Å². The van der Waals surface area contributed by atoms with Gasteiger partial charge in [0.2, 0.25) is 23.7 Å². The van der Waals surface area contributed by atoms with Crippen LogP contribution in [0.15, 0.2) is 85.2 Å². The molecule has 20 heteroatoms. The molecule has 4 heterocycles. The van der Waals surface area contributed by atoms with Gasteiger partial charge in [0.25, 0.3) is 11.8 Å². The van der Waals surface area contributed by atoms with Gasteiger partial charge >= 0.3 is 0 Å². The fourth-order valence-electron chi connectivity index (χ4n) is 8.81. The predicted molar refractivity (Wildman–Crippen MR) is 296 cm³/mol. The number of anilines is 10. The van der Waals surface area contributed by atoms with Gasteiger partial charge in [-0.25, -0.2) is 18.7 Å². The van der Waals surface area contributed by atoms with E-state index in [1.807, 2.05) is 50.2 Å². The second-order valence-electron chi connectivity index (χ2n) is 18.9. The predicted octanol–water partition coefficient (Wildman–Crippen LogP) is 11.1. The van der Waals surface area contributed by atoms with Crippen molar-refractivity contribution in [2.45, 2.75) is 78.1 Å². The van der Waals surface area contributed by atoms with Gasteiger partial charge in [0.05, 0.1) is 48.0 Å². The number of para-hydroxylation sites is 2. The van der Waals surface area contributed by atoms with E-state index in [0.29, 0.717) is 37.3 Å². The third kappa shape index (κ3) is 12.6. The Hall–Kier alpha value is -8.32. The van der Waals surface area contributed by atoms with Gasteiger partial charge in [0, 0.05) is 48.7 Å². The number of benzene rings is 4. The molecule has 4 amide bonds. The van der Waals surface area contributed by atoms with E-state index in [0.717, 1.165) is 35.3 Å². The SMILES string of the molecule is C#CCNC(=O)c1cccc(F)c1Nc1nc(Nc2ccc3c(c2)N(CC)C(=O)CCC3(C)C)ncc1Cl.C#CCNC(=O)c1cccc(F)c1Nc1nc(Nc2ccc3c(c2)N(CC)C(=O)CCC3(C)C)ncc1Cl. The summed E-state index contributed by atoms with van der Waals surface area (Å²) in [5, 5.41) is 17.2. The van der Waals surface area contributed by atoms with Crippen molar-refractivity contribution in [1.29, 1.82) is 0 Å². The minimum atomic E-state index is -0.666. The standard InChI is InChI=1S/2C28H28ClFN6O2/c2*1-5-14-31-26(38)18-8-7-9-21(30)24(18)34-25-20(29)16-32-27(35-25)33-17-10-11-19-22(15-17)36(6-2)23(37)12-13-28(19,3)4/h2*1,7-11,15-16H,6,12-14H2,2-4H3,(H,31,38)(H2,32,33,34,35). The minimum Gasteiger partial charge on any atom is -0.341 e. The monoisotopic (exact) mass is 1070 g/mol. The first kappa shape index (κ1) is 55.4. The fourth-order valence-corrected chi connectivity index (χ4v) is 9.09. The van der Waals surface area contributed by atoms with E-state index in [1.54, 1.807) is 9.80 Å². The number of carbonyl (C=O) groups excluding carboxylic acids is 4. The maximum atomic E-state index is 14.7. The number of nitrogens with zero attached hydrogens (tertiary/aromatic N) is 6. The number of hydrogen-bond acceptors (Lipinski definition) is 12. The Bertz CT molecular complexity index is 3090. The molecule has 392 valence electrons. The van der Waals surface area contributed by atoms with E-state index < -0.39 is 23.4 Å². The minimum absolute atomic E-state index is 0.00383. The average Bonchev–Trinajstić information content (AvgIpc) is 3.56. The molecule has 4 aromatic carbocycles. The molecule has 8 rings (SSSR count). The van der Waals surface area contributed by atoms with Gasteiger partial charge in [0.15, 0.2) is 11.6 Å². The maximum Gasteiger partial charge on any atom is 0.254 e. The molecule has 6 N–H and O–H groups in total. The van der Waals surface area contributed by atoms with E-state index in [2.05, 4.69) is 91.4 Å². The number of hydrogen-bond donors (Lipinski definition) is 6. The molecule has 0 unspecified atom stereocenters. The summed E-state index contributed by atoms with van der Waals surface area (Å²) in [6.45, 7) is 13.5. The number of fused-ring (bicyclic) bond motifs is 2. The van der Waals surface area contributed by atoms with Gasteiger partial charge in [-0.3, -0.25) is 19.2 Å². The number of nitrogens with one attached hydrogen (secondary N) is 6. The summed E-state index contributed by atoms with van der Waals surface area (Å²) < 4.78 is 29.5. The summed E-state index contributed by atoms with van der Waals surface area (Å²) >= 11 is 12.6. The molecule has 0 radical (unpaired) electrons. The first-order valence-corrected chi connectivity index (χ1v) is 25.1. The molecule has 0 aliphatic carbocycles. The van der Waals surface area contributed by atoms with Crippen LogP contribution < -0.4 is 41.7 Å². The highest BCUT2D eigenvalue weighted by atomic mass is 35.5. The van der Waals surface area contributed by atoms with Gasteiger partial charge < -0.3 is 41.7 Å². The fraction of sp³-hybridized carbons (Fsp3) is 0.286. The Morgan fingerprint density at radius 1 is 0.632 bits per heavy atom. The third-order valence-corrected chi connectivity index (χ3v) is 13.5.